The molecule has 3 aromatic carbocycles. The summed E-state index contributed by atoms with van der Waals surface area (Å²) < 4.78 is 12.1. The van der Waals surface area contributed by atoms with E-state index in [1.807, 2.05) is 48.5 Å². The van der Waals surface area contributed by atoms with Gasteiger partial charge in [-0.25, -0.2) is 0 Å². The number of aliphatic hydroxyl groups is 2. The fourth-order valence-electron chi connectivity index (χ4n) is 4.38. The van der Waals surface area contributed by atoms with Crippen LogP contribution in [0.1, 0.15) is 23.1 Å². The molecular formula is C30H37N5O4. The lowest BCUT2D eigenvalue weighted by Gasteiger charge is -2.15. The van der Waals surface area contributed by atoms with E-state index in [4.69, 9.17) is 19.4 Å². The van der Waals surface area contributed by atoms with Gasteiger partial charge < -0.3 is 35.3 Å². The molecule has 0 unspecified atom stereocenters. The molecule has 0 saturated heterocycles. The van der Waals surface area contributed by atoms with Crippen LogP contribution in [0, 0.1) is 13.8 Å². The van der Waals surface area contributed by atoms with E-state index in [-0.39, 0.29) is 13.2 Å². The summed E-state index contributed by atoms with van der Waals surface area (Å²) in [7, 11) is 0. The molecule has 0 fully saturated rings. The lowest BCUT2D eigenvalue weighted by Crippen LogP contribution is -2.20. The number of nitrogens with one attached hydrogen (secondary N) is 3. The van der Waals surface area contributed by atoms with Crippen LogP contribution in [0.4, 0.5) is 11.7 Å². The molecule has 9 nitrogen and oxygen atoms in total. The van der Waals surface area contributed by atoms with Gasteiger partial charge in [-0.3, -0.25) is 0 Å². The predicted molar refractivity (Wildman–Crippen MR) is 153 cm³/mol. The number of hydrogen-bond acceptors (Lipinski definition) is 9. The molecule has 4 aromatic rings. The van der Waals surface area contributed by atoms with Crippen LogP contribution >= 0.6 is 0 Å². The fraction of sp³-hybridized carbons (Fsp3) is 0.333. The zero-order chi connectivity index (χ0) is 27.5. The average molecular weight is 532 g/mol. The van der Waals surface area contributed by atoms with E-state index in [1.54, 1.807) is 0 Å². The molecule has 1 aromatic heterocycles. The van der Waals surface area contributed by atoms with Gasteiger partial charge in [0, 0.05) is 30.9 Å². The third-order valence-electron chi connectivity index (χ3n) is 6.40. The van der Waals surface area contributed by atoms with Gasteiger partial charge in [0.1, 0.15) is 5.75 Å². The summed E-state index contributed by atoms with van der Waals surface area (Å²) in [6, 6.07) is 20.4. The molecule has 0 aliphatic rings. The van der Waals surface area contributed by atoms with Gasteiger partial charge in [0.15, 0.2) is 0 Å². The second-order valence-electron chi connectivity index (χ2n) is 9.22. The Morgan fingerprint density at radius 3 is 2.33 bits per heavy atom. The molecule has 0 aliphatic carbocycles. The van der Waals surface area contributed by atoms with Crippen molar-refractivity contribution in [2.24, 2.45) is 0 Å². The first-order chi connectivity index (χ1) is 19.1. The lowest BCUT2D eigenvalue weighted by atomic mass is 9.93. The maximum Gasteiger partial charge on any atom is 0.320 e. The molecule has 1 heterocycles. The Bertz CT molecular complexity index is 1340. The molecule has 0 atom stereocenters. The Morgan fingerprint density at radius 2 is 1.51 bits per heavy atom. The number of anilines is 2. The second-order valence-corrected chi connectivity index (χ2v) is 9.22. The highest BCUT2D eigenvalue weighted by molar-refractivity contribution is 5.78. The maximum absolute atomic E-state index is 8.96. The summed E-state index contributed by atoms with van der Waals surface area (Å²) in [6.45, 7) is 7.57. The van der Waals surface area contributed by atoms with Crippen molar-refractivity contribution in [2.75, 3.05) is 44.8 Å². The topological polar surface area (TPSA) is 125 Å². The Hall–Kier alpha value is -3.76. The van der Waals surface area contributed by atoms with E-state index >= 15 is 0 Å². The van der Waals surface area contributed by atoms with Crippen molar-refractivity contribution in [3.63, 3.8) is 0 Å². The van der Waals surface area contributed by atoms with Crippen molar-refractivity contribution in [1.82, 2.24) is 20.8 Å². The van der Waals surface area contributed by atoms with E-state index in [9.17, 15) is 0 Å². The van der Waals surface area contributed by atoms with Crippen LogP contribution in [0.25, 0.3) is 22.6 Å². The van der Waals surface area contributed by atoms with Crippen molar-refractivity contribution in [1.29, 1.82) is 0 Å². The molecule has 9 heteroatoms. The summed E-state index contributed by atoms with van der Waals surface area (Å²) in [6.07, 6.45) is 0.858. The molecular weight excluding hydrogens is 494 g/mol. The third-order valence-corrected chi connectivity index (χ3v) is 6.40. The highest BCUT2D eigenvalue weighted by atomic mass is 16.5. The van der Waals surface area contributed by atoms with Crippen LogP contribution in [0.5, 0.6) is 5.75 Å². The molecule has 39 heavy (non-hydrogen) atoms. The summed E-state index contributed by atoms with van der Waals surface area (Å²) in [4.78, 5) is 0. The predicted octanol–water partition coefficient (Wildman–Crippen LogP) is 4.20. The summed E-state index contributed by atoms with van der Waals surface area (Å²) in [5, 5.41) is 35.9. The number of benzene rings is 3. The minimum Gasteiger partial charge on any atom is -0.493 e. The van der Waals surface area contributed by atoms with E-state index in [2.05, 4.69) is 52.1 Å². The molecule has 0 bridgehead atoms. The second kappa shape index (κ2) is 14.4. The standard InChI is InChI=1S/C30H37N5O4/c1-21-25(26-10-5-12-28(22(26)2)38-18-6-13-31-14-16-36)9-4-11-27(21)29-34-35-30(39-29)33-24-8-3-7-23(19-24)20-32-15-17-37/h3-5,7-12,19,31-32,36-37H,6,13-18,20H2,1-2H3,(H,33,35). The molecule has 5 N–H and O–H groups in total. The number of ether oxygens (including phenoxy) is 1. The quantitative estimate of drug-likeness (QED) is 0.144. The number of rotatable bonds is 15. The third kappa shape index (κ3) is 7.64. The molecule has 0 radical (unpaired) electrons. The first-order valence-electron chi connectivity index (χ1n) is 13.3. The highest BCUT2D eigenvalue weighted by Gasteiger charge is 2.16. The van der Waals surface area contributed by atoms with E-state index in [1.165, 1.54) is 0 Å². The van der Waals surface area contributed by atoms with Gasteiger partial charge in [0.2, 0.25) is 5.89 Å². The van der Waals surface area contributed by atoms with Crippen molar-refractivity contribution in [3.8, 4) is 28.3 Å². The van der Waals surface area contributed by atoms with Crippen LogP contribution in [-0.2, 0) is 6.54 Å². The molecule has 206 valence electrons. The van der Waals surface area contributed by atoms with Crippen molar-refractivity contribution in [2.45, 2.75) is 26.8 Å². The van der Waals surface area contributed by atoms with Gasteiger partial charge in [0.05, 0.1) is 19.8 Å². The fourth-order valence-corrected chi connectivity index (χ4v) is 4.38. The molecule has 0 amide bonds. The van der Waals surface area contributed by atoms with Gasteiger partial charge in [-0.15, -0.1) is 5.10 Å². The van der Waals surface area contributed by atoms with Crippen LogP contribution in [0.3, 0.4) is 0 Å². The Kier molecular flexibility index (Phi) is 10.4. The zero-order valence-corrected chi connectivity index (χ0v) is 22.5. The van der Waals surface area contributed by atoms with E-state index in [0.717, 1.165) is 57.8 Å². The number of hydrogen-bond donors (Lipinski definition) is 5. The highest BCUT2D eigenvalue weighted by Crippen LogP contribution is 2.36. The van der Waals surface area contributed by atoms with Crippen LogP contribution in [-0.4, -0.2) is 59.9 Å². The number of aliphatic hydroxyl groups excluding tert-OH is 2. The zero-order valence-electron chi connectivity index (χ0n) is 22.5. The monoisotopic (exact) mass is 531 g/mol. The van der Waals surface area contributed by atoms with Crippen LogP contribution in [0.15, 0.2) is 65.1 Å². The largest absolute Gasteiger partial charge is 0.493 e. The van der Waals surface area contributed by atoms with E-state index < -0.39 is 0 Å². The van der Waals surface area contributed by atoms with Crippen LogP contribution < -0.4 is 20.7 Å². The number of nitrogens with zero attached hydrogens (tertiary/aromatic N) is 2. The normalized spacial score (nSPS) is 11.1. The van der Waals surface area contributed by atoms with Gasteiger partial charge in [-0.1, -0.05) is 41.5 Å². The van der Waals surface area contributed by atoms with Crippen molar-refractivity contribution >= 4 is 11.7 Å². The minimum atomic E-state index is 0.104. The van der Waals surface area contributed by atoms with Crippen LogP contribution in [0.2, 0.25) is 0 Å². The van der Waals surface area contributed by atoms with E-state index in [0.29, 0.717) is 38.1 Å². The smallest absolute Gasteiger partial charge is 0.320 e. The van der Waals surface area contributed by atoms with Gasteiger partial charge in [-0.2, -0.15) is 0 Å². The first kappa shape index (κ1) is 28.3. The lowest BCUT2D eigenvalue weighted by molar-refractivity contribution is 0.281. The summed E-state index contributed by atoms with van der Waals surface area (Å²) in [5.74, 6) is 1.30. The molecule has 4 rings (SSSR count). The Labute approximate surface area is 229 Å². The average Bonchev–Trinajstić information content (AvgIpc) is 3.40. The minimum absolute atomic E-state index is 0.104. The molecule has 0 aliphatic heterocycles. The summed E-state index contributed by atoms with van der Waals surface area (Å²) >= 11 is 0. The van der Waals surface area contributed by atoms with Gasteiger partial charge >= 0.3 is 6.01 Å². The molecule has 0 spiro atoms. The maximum atomic E-state index is 8.96. The molecule has 0 saturated carbocycles. The van der Waals surface area contributed by atoms with Gasteiger partial charge in [-0.05, 0) is 78.9 Å². The summed E-state index contributed by atoms with van der Waals surface area (Å²) in [5.41, 5.74) is 7.08. The van der Waals surface area contributed by atoms with Crippen molar-refractivity contribution < 1.29 is 19.4 Å². The van der Waals surface area contributed by atoms with Crippen molar-refractivity contribution in [3.05, 3.63) is 77.4 Å². The Balaban J connectivity index is 1.48. The number of aromatic nitrogens is 2. The Morgan fingerprint density at radius 1 is 0.795 bits per heavy atom. The SMILES string of the molecule is Cc1c(OCCCNCCO)cccc1-c1cccc(-c2nnc(Nc3cccc(CNCCO)c3)o2)c1C. The first-order valence-corrected chi connectivity index (χ1v) is 13.3. The van der Waals surface area contributed by atoms with Gasteiger partial charge in [0.25, 0.3) is 0 Å².